The average molecular weight is 318 g/mol. The summed E-state index contributed by atoms with van der Waals surface area (Å²) in [7, 11) is 0. The zero-order valence-corrected chi connectivity index (χ0v) is 12.6. The number of carbonyl (C=O) groups is 1. The van der Waals surface area contributed by atoms with Gasteiger partial charge in [-0.3, -0.25) is 4.79 Å². The van der Waals surface area contributed by atoms with Crippen molar-refractivity contribution >= 4 is 40.0 Å². The Labute approximate surface area is 131 Å². The molecule has 3 aromatic rings. The molecule has 1 unspecified atom stereocenters. The average Bonchev–Trinajstić information content (AvgIpc) is 2.90. The lowest BCUT2D eigenvalue weighted by Gasteiger charge is -2.11. The lowest BCUT2D eigenvalue weighted by atomic mass is 9.96. The van der Waals surface area contributed by atoms with Gasteiger partial charge < -0.3 is 5.11 Å². The minimum atomic E-state index is -0.834. The molecule has 1 aromatic heterocycles. The Morgan fingerprint density at radius 3 is 2.62 bits per heavy atom. The zero-order chi connectivity index (χ0) is 14.8. The summed E-state index contributed by atoms with van der Waals surface area (Å²) in [5, 5.41) is 11.1. The van der Waals surface area contributed by atoms with E-state index in [1.54, 1.807) is 12.1 Å². The van der Waals surface area contributed by atoms with Gasteiger partial charge in [0.25, 0.3) is 0 Å². The van der Waals surface area contributed by atoms with Crippen LogP contribution in [0.1, 0.15) is 16.4 Å². The molecule has 0 aliphatic rings. The fourth-order valence-corrected chi connectivity index (χ4v) is 3.37. The summed E-state index contributed by atoms with van der Waals surface area (Å²) in [5.41, 5.74) is 1.80. The van der Waals surface area contributed by atoms with Crippen LogP contribution in [0.2, 0.25) is 5.02 Å². The Hall–Kier alpha value is -1.91. The first kappa shape index (κ1) is 14.0. The molecule has 0 fully saturated rings. The SMILES string of the molecule is O=C(O)C(Cc1ccc(Cl)cc1)c1snc2ccccc12. The van der Waals surface area contributed by atoms with Crippen LogP contribution in [0, 0.1) is 0 Å². The quantitative estimate of drug-likeness (QED) is 0.777. The topological polar surface area (TPSA) is 50.2 Å². The zero-order valence-electron chi connectivity index (χ0n) is 11.0. The molecule has 0 radical (unpaired) electrons. The van der Waals surface area contributed by atoms with Crippen molar-refractivity contribution in [2.75, 3.05) is 0 Å². The minimum absolute atomic E-state index is 0.429. The highest BCUT2D eigenvalue weighted by atomic mass is 35.5. The monoisotopic (exact) mass is 317 g/mol. The van der Waals surface area contributed by atoms with Gasteiger partial charge in [0.2, 0.25) is 0 Å². The van der Waals surface area contributed by atoms with E-state index >= 15 is 0 Å². The standard InChI is InChI=1S/C16H12ClNO2S/c17-11-7-5-10(6-8-11)9-13(16(19)20)15-12-3-1-2-4-14(12)18-21-15/h1-8,13H,9H2,(H,19,20). The maximum Gasteiger partial charge on any atom is 0.312 e. The van der Waals surface area contributed by atoms with Gasteiger partial charge >= 0.3 is 5.97 Å². The van der Waals surface area contributed by atoms with Crippen molar-refractivity contribution in [2.24, 2.45) is 0 Å². The van der Waals surface area contributed by atoms with E-state index in [0.29, 0.717) is 11.4 Å². The number of carboxylic acid groups (broad SMARTS) is 1. The van der Waals surface area contributed by atoms with Gasteiger partial charge in [0.1, 0.15) is 0 Å². The molecule has 5 heteroatoms. The Morgan fingerprint density at radius 2 is 1.90 bits per heavy atom. The molecule has 0 aliphatic carbocycles. The van der Waals surface area contributed by atoms with E-state index in [0.717, 1.165) is 21.3 Å². The molecule has 0 saturated carbocycles. The summed E-state index contributed by atoms with van der Waals surface area (Å²) in [6, 6.07) is 14.9. The molecule has 3 rings (SSSR count). The Bertz CT molecular complexity index is 782. The first-order valence-electron chi connectivity index (χ1n) is 6.46. The molecule has 21 heavy (non-hydrogen) atoms. The first-order chi connectivity index (χ1) is 10.1. The van der Waals surface area contributed by atoms with Crippen LogP contribution in [0.3, 0.4) is 0 Å². The summed E-state index contributed by atoms with van der Waals surface area (Å²) >= 11 is 7.13. The van der Waals surface area contributed by atoms with Gasteiger partial charge in [-0.2, -0.15) is 4.37 Å². The molecule has 0 amide bonds. The molecule has 1 atom stereocenters. The smallest absolute Gasteiger partial charge is 0.312 e. The molecule has 0 aliphatic heterocycles. The van der Waals surface area contributed by atoms with Gasteiger partial charge in [-0.15, -0.1) is 0 Å². The van der Waals surface area contributed by atoms with Crippen LogP contribution in [0.15, 0.2) is 48.5 Å². The summed E-state index contributed by atoms with van der Waals surface area (Å²) in [6.45, 7) is 0. The third-order valence-electron chi connectivity index (χ3n) is 3.38. The Kier molecular flexibility index (Phi) is 3.90. The van der Waals surface area contributed by atoms with Crippen molar-refractivity contribution in [3.05, 3.63) is 64.0 Å². The molecule has 0 saturated heterocycles. The van der Waals surface area contributed by atoms with Gasteiger partial charge in [-0.1, -0.05) is 41.9 Å². The lowest BCUT2D eigenvalue weighted by molar-refractivity contribution is -0.138. The summed E-state index contributed by atoms with van der Waals surface area (Å²) in [4.78, 5) is 12.5. The fraction of sp³-hybridized carbons (Fsp3) is 0.125. The van der Waals surface area contributed by atoms with Crippen LogP contribution in [-0.2, 0) is 11.2 Å². The number of rotatable bonds is 4. The van der Waals surface area contributed by atoms with Crippen molar-refractivity contribution < 1.29 is 9.90 Å². The number of aliphatic carboxylic acids is 1. The van der Waals surface area contributed by atoms with Crippen molar-refractivity contribution in [1.29, 1.82) is 0 Å². The number of aromatic nitrogens is 1. The number of halogens is 1. The number of carboxylic acids is 1. The maximum absolute atomic E-state index is 11.7. The van der Waals surface area contributed by atoms with Crippen molar-refractivity contribution in [3.63, 3.8) is 0 Å². The molecular formula is C16H12ClNO2S. The highest BCUT2D eigenvalue weighted by Gasteiger charge is 2.24. The molecule has 1 N–H and O–H groups in total. The molecule has 106 valence electrons. The summed E-state index contributed by atoms with van der Waals surface area (Å²) in [5.74, 6) is -1.43. The second-order valence-electron chi connectivity index (χ2n) is 4.79. The van der Waals surface area contributed by atoms with Crippen molar-refractivity contribution in [1.82, 2.24) is 4.37 Å². The van der Waals surface area contributed by atoms with Gasteiger partial charge in [0.05, 0.1) is 11.4 Å². The molecular weight excluding hydrogens is 306 g/mol. The number of hydrogen-bond acceptors (Lipinski definition) is 3. The van der Waals surface area contributed by atoms with Crippen LogP contribution in [0.25, 0.3) is 10.9 Å². The van der Waals surface area contributed by atoms with E-state index in [1.807, 2.05) is 36.4 Å². The van der Waals surface area contributed by atoms with E-state index in [9.17, 15) is 9.90 Å². The second kappa shape index (κ2) is 5.84. The highest BCUT2D eigenvalue weighted by molar-refractivity contribution is 7.07. The summed E-state index contributed by atoms with van der Waals surface area (Å²) < 4.78 is 4.33. The minimum Gasteiger partial charge on any atom is -0.481 e. The molecule has 0 bridgehead atoms. The van der Waals surface area contributed by atoms with Crippen LogP contribution in [0.5, 0.6) is 0 Å². The highest BCUT2D eigenvalue weighted by Crippen LogP contribution is 2.32. The number of hydrogen-bond donors (Lipinski definition) is 1. The van der Waals surface area contributed by atoms with E-state index < -0.39 is 11.9 Å². The van der Waals surface area contributed by atoms with E-state index in [1.165, 1.54) is 11.5 Å². The predicted molar refractivity (Wildman–Crippen MR) is 85.2 cm³/mol. The number of fused-ring (bicyclic) bond motifs is 1. The Morgan fingerprint density at radius 1 is 1.19 bits per heavy atom. The van der Waals surface area contributed by atoms with E-state index in [4.69, 9.17) is 11.6 Å². The van der Waals surface area contributed by atoms with Crippen molar-refractivity contribution in [3.8, 4) is 0 Å². The van der Waals surface area contributed by atoms with Gasteiger partial charge in [0, 0.05) is 15.3 Å². The second-order valence-corrected chi connectivity index (χ2v) is 6.03. The third-order valence-corrected chi connectivity index (χ3v) is 4.62. The predicted octanol–water partition coefficient (Wildman–Crippen LogP) is 4.36. The third kappa shape index (κ3) is 2.91. The summed E-state index contributed by atoms with van der Waals surface area (Å²) in [6.07, 6.45) is 0.429. The van der Waals surface area contributed by atoms with Crippen molar-refractivity contribution in [2.45, 2.75) is 12.3 Å². The maximum atomic E-state index is 11.7. The van der Waals surface area contributed by atoms with Crippen LogP contribution in [0.4, 0.5) is 0 Å². The van der Waals surface area contributed by atoms with E-state index in [-0.39, 0.29) is 0 Å². The van der Waals surface area contributed by atoms with Gasteiger partial charge in [0.15, 0.2) is 0 Å². The van der Waals surface area contributed by atoms with Crippen LogP contribution < -0.4 is 0 Å². The fourth-order valence-electron chi connectivity index (χ4n) is 2.31. The van der Waals surface area contributed by atoms with E-state index in [2.05, 4.69) is 4.37 Å². The lowest BCUT2D eigenvalue weighted by Crippen LogP contribution is -2.13. The molecule has 0 spiro atoms. The first-order valence-corrected chi connectivity index (χ1v) is 7.62. The molecule has 3 nitrogen and oxygen atoms in total. The number of benzene rings is 2. The Balaban J connectivity index is 1.98. The van der Waals surface area contributed by atoms with Gasteiger partial charge in [-0.25, -0.2) is 0 Å². The number of nitrogens with zero attached hydrogens (tertiary/aromatic N) is 1. The van der Waals surface area contributed by atoms with Gasteiger partial charge in [-0.05, 0) is 41.7 Å². The van der Waals surface area contributed by atoms with Crippen LogP contribution >= 0.6 is 23.1 Å². The molecule has 1 heterocycles. The largest absolute Gasteiger partial charge is 0.481 e. The molecule has 2 aromatic carbocycles. The van der Waals surface area contributed by atoms with Crippen LogP contribution in [-0.4, -0.2) is 15.4 Å². The normalized spacial score (nSPS) is 12.4.